The van der Waals surface area contributed by atoms with Gasteiger partial charge in [-0.15, -0.1) is 5.10 Å². The molecule has 32 heavy (non-hydrogen) atoms. The fourth-order valence-electron chi connectivity index (χ4n) is 2.95. The lowest BCUT2D eigenvalue weighted by Crippen LogP contribution is -2.31. The lowest BCUT2D eigenvalue weighted by Gasteiger charge is -2.23. The third-order valence-electron chi connectivity index (χ3n) is 4.28. The van der Waals surface area contributed by atoms with Crippen molar-refractivity contribution in [1.82, 2.24) is 0 Å². The molecule has 0 spiro atoms. The monoisotopic (exact) mass is 431 g/mol. The number of hydrogen-bond donors (Lipinski definition) is 2. The zero-order valence-electron chi connectivity index (χ0n) is 17.7. The van der Waals surface area contributed by atoms with Crippen molar-refractivity contribution in [1.29, 1.82) is 0 Å². The molecule has 0 saturated carbocycles. The number of rotatable bonds is 9. The molecule has 0 atom stereocenters. The molecule has 0 aromatic heterocycles. The smallest absolute Gasteiger partial charge is 0.269 e. The van der Waals surface area contributed by atoms with E-state index in [0.717, 1.165) is 11.4 Å². The average molecular weight is 431 g/mol. The Bertz CT molecular complexity index is 1040. The van der Waals surface area contributed by atoms with Gasteiger partial charge in [0.15, 0.2) is 18.1 Å². The van der Waals surface area contributed by atoms with E-state index in [-0.39, 0.29) is 18.5 Å². The van der Waals surface area contributed by atoms with Crippen molar-refractivity contribution in [3.63, 3.8) is 0 Å². The molecule has 0 aliphatic rings. The van der Waals surface area contributed by atoms with Gasteiger partial charge in [-0.1, -0.05) is 36.4 Å². The Kier molecular flexibility index (Phi) is 7.80. The van der Waals surface area contributed by atoms with E-state index in [0.29, 0.717) is 23.7 Å². The van der Waals surface area contributed by atoms with Gasteiger partial charge in [-0.05, 0) is 55.0 Å². The van der Waals surface area contributed by atoms with Crippen LogP contribution in [0.2, 0.25) is 0 Å². The van der Waals surface area contributed by atoms with E-state index in [1.807, 2.05) is 67.6 Å². The molecule has 0 fully saturated rings. The van der Waals surface area contributed by atoms with Gasteiger partial charge in [-0.25, -0.2) is 0 Å². The van der Waals surface area contributed by atoms with Gasteiger partial charge in [0, 0.05) is 11.4 Å². The second kappa shape index (κ2) is 11.2. The van der Waals surface area contributed by atoms with Crippen molar-refractivity contribution in [2.45, 2.75) is 6.92 Å². The number of amides is 1. The largest absolute Gasteiger partial charge is 0.490 e. The van der Waals surface area contributed by atoms with Crippen LogP contribution in [0, 0.1) is 0 Å². The molecule has 8 nitrogen and oxygen atoms in total. The molecule has 0 bridgehead atoms. The van der Waals surface area contributed by atoms with Crippen LogP contribution in [-0.2, 0) is 4.79 Å². The van der Waals surface area contributed by atoms with Crippen LogP contribution in [0.1, 0.15) is 12.5 Å². The summed E-state index contributed by atoms with van der Waals surface area (Å²) in [6, 6.07) is 24.1. The Balaban J connectivity index is 1.80. The molecule has 3 rings (SSSR count). The standard InChI is InChI=1S/C24H25N5O3/c1-2-31-22-15-18(16-27-28-24(25)26)13-14-21(22)32-17-23(30)29(19-9-5-3-6-10-19)20-11-7-4-8-12-20/h3-16H,2,17H2,1H3,(H4,25,26,28). The molecule has 0 unspecified atom stereocenters. The van der Waals surface area contributed by atoms with Crippen molar-refractivity contribution in [3.05, 3.63) is 84.4 Å². The summed E-state index contributed by atoms with van der Waals surface area (Å²) in [4.78, 5) is 14.8. The number of para-hydroxylation sites is 2. The van der Waals surface area contributed by atoms with Crippen LogP contribution in [0.25, 0.3) is 0 Å². The highest BCUT2D eigenvalue weighted by atomic mass is 16.5. The van der Waals surface area contributed by atoms with Crippen molar-refractivity contribution >= 4 is 29.5 Å². The van der Waals surface area contributed by atoms with Crippen molar-refractivity contribution in [2.24, 2.45) is 21.7 Å². The van der Waals surface area contributed by atoms with E-state index in [1.54, 1.807) is 23.1 Å². The number of guanidine groups is 1. The zero-order chi connectivity index (χ0) is 22.8. The second-order valence-corrected chi connectivity index (χ2v) is 6.60. The predicted molar refractivity (Wildman–Crippen MR) is 127 cm³/mol. The minimum Gasteiger partial charge on any atom is -0.490 e. The number of carbonyl (C=O) groups excluding carboxylic acids is 1. The highest BCUT2D eigenvalue weighted by Gasteiger charge is 2.19. The highest BCUT2D eigenvalue weighted by molar-refractivity contribution is 6.01. The summed E-state index contributed by atoms with van der Waals surface area (Å²) in [6.07, 6.45) is 1.49. The molecule has 3 aromatic rings. The van der Waals surface area contributed by atoms with Crippen molar-refractivity contribution < 1.29 is 14.3 Å². The Morgan fingerprint density at radius 3 is 2.09 bits per heavy atom. The average Bonchev–Trinajstić information content (AvgIpc) is 2.80. The molecule has 0 radical (unpaired) electrons. The number of nitrogens with two attached hydrogens (primary N) is 2. The van der Waals surface area contributed by atoms with Crippen molar-refractivity contribution in [3.8, 4) is 11.5 Å². The first-order valence-electron chi connectivity index (χ1n) is 10.0. The summed E-state index contributed by atoms with van der Waals surface area (Å²) in [7, 11) is 0. The summed E-state index contributed by atoms with van der Waals surface area (Å²) in [5.74, 6) is 0.578. The van der Waals surface area contributed by atoms with Gasteiger partial charge < -0.3 is 20.9 Å². The first-order chi connectivity index (χ1) is 15.6. The van der Waals surface area contributed by atoms with Crippen LogP contribution in [-0.4, -0.2) is 31.3 Å². The maximum atomic E-state index is 13.2. The van der Waals surface area contributed by atoms with Crippen LogP contribution in [0.4, 0.5) is 11.4 Å². The molecular weight excluding hydrogens is 406 g/mol. The SMILES string of the molecule is CCOc1cc(C=NN=C(N)N)ccc1OCC(=O)N(c1ccccc1)c1ccccc1. The summed E-state index contributed by atoms with van der Waals surface area (Å²) < 4.78 is 11.5. The van der Waals surface area contributed by atoms with E-state index in [2.05, 4.69) is 10.2 Å². The van der Waals surface area contributed by atoms with E-state index in [1.165, 1.54) is 6.21 Å². The van der Waals surface area contributed by atoms with Crippen molar-refractivity contribution in [2.75, 3.05) is 18.1 Å². The number of carbonyl (C=O) groups is 1. The fraction of sp³-hybridized carbons (Fsp3) is 0.125. The number of anilines is 2. The summed E-state index contributed by atoms with van der Waals surface area (Å²) in [6.45, 7) is 2.12. The molecule has 0 heterocycles. The van der Waals surface area contributed by atoms with Gasteiger partial charge >= 0.3 is 0 Å². The van der Waals surface area contributed by atoms with Crippen LogP contribution in [0.15, 0.2) is 89.1 Å². The lowest BCUT2D eigenvalue weighted by molar-refractivity contribution is -0.119. The maximum Gasteiger partial charge on any atom is 0.269 e. The van der Waals surface area contributed by atoms with Crippen LogP contribution in [0.5, 0.6) is 11.5 Å². The minimum atomic E-state index is -0.219. The van der Waals surface area contributed by atoms with E-state index >= 15 is 0 Å². The summed E-state index contributed by atoms with van der Waals surface area (Å²) in [5, 5.41) is 7.37. The van der Waals surface area contributed by atoms with Crippen LogP contribution >= 0.6 is 0 Å². The molecule has 0 aliphatic heterocycles. The normalized spacial score (nSPS) is 10.5. The summed E-state index contributed by atoms with van der Waals surface area (Å²) in [5.41, 5.74) is 12.8. The van der Waals surface area contributed by atoms with Crippen LogP contribution < -0.4 is 25.8 Å². The van der Waals surface area contributed by atoms with Gasteiger partial charge in [0.05, 0.1) is 12.8 Å². The minimum absolute atomic E-state index is 0.133. The number of benzene rings is 3. The number of nitrogens with zero attached hydrogens (tertiary/aromatic N) is 3. The first-order valence-corrected chi connectivity index (χ1v) is 10.0. The first kappa shape index (κ1) is 22.4. The number of hydrogen-bond acceptors (Lipinski definition) is 5. The lowest BCUT2D eigenvalue weighted by atomic mass is 10.2. The molecular formula is C24H25N5O3. The van der Waals surface area contributed by atoms with E-state index < -0.39 is 0 Å². The molecule has 0 saturated heterocycles. The Hall–Kier alpha value is -4.33. The topological polar surface area (TPSA) is 116 Å². The van der Waals surface area contributed by atoms with Gasteiger partial charge in [0.25, 0.3) is 5.91 Å². The quantitative estimate of drug-likeness (QED) is 0.306. The molecule has 1 amide bonds. The summed E-state index contributed by atoms with van der Waals surface area (Å²) >= 11 is 0. The molecule has 3 aromatic carbocycles. The predicted octanol–water partition coefficient (Wildman–Crippen LogP) is 3.44. The van der Waals surface area contributed by atoms with E-state index in [4.69, 9.17) is 20.9 Å². The van der Waals surface area contributed by atoms with E-state index in [9.17, 15) is 4.79 Å². The van der Waals surface area contributed by atoms with Gasteiger partial charge in [-0.2, -0.15) is 5.10 Å². The third-order valence-corrected chi connectivity index (χ3v) is 4.28. The Labute approximate surface area is 186 Å². The fourth-order valence-corrected chi connectivity index (χ4v) is 2.95. The second-order valence-electron chi connectivity index (χ2n) is 6.60. The number of ether oxygens (including phenoxy) is 2. The van der Waals surface area contributed by atoms with Gasteiger partial charge in [0.2, 0.25) is 5.96 Å². The highest BCUT2D eigenvalue weighted by Crippen LogP contribution is 2.29. The molecule has 0 aliphatic carbocycles. The zero-order valence-corrected chi connectivity index (χ0v) is 17.7. The molecule has 164 valence electrons. The Morgan fingerprint density at radius 2 is 1.53 bits per heavy atom. The van der Waals surface area contributed by atoms with Crippen LogP contribution in [0.3, 0.4) is 0 Å². The molecule has 4 N–H and O–H groups in total. The maximum absolute atomic E-state index is 13.2. The van der Waals surface area contributed by atoms with Gasteiger partial charge in [-0.3, -0.25) is 9.69 Å². The Morgan fingerprint density at radius 1 is 0.906 bits per heavy atom. The third kappa shape index (κ3) is 6.09. The molecule has 8 heteroatoms. The van der Waals surface area contributed by atoms with Gasteiger partial charge in [0.1, 0.15) is 0 Å².